The van der Waals surface area contributed by atoms with E-state index >= 15 is 0 Å². The molecule has 2 N–H and O–H groups in total. The molecule has 1 aromatic heterocycles. The number of amides is 1. The van der Waals surface area contributed by atoms with Gasteiger partial charge in [0.2, 0.25) is 5.91 Å². The lowest BCUT2D eigenvalue weighted by molar-refractivity contribution is -0.140. The summed E-state index contributed by atoms with van der Waals surface area (Å²) in [5.74, 6) is -0.957. The van der Waals surface area contributed by atoms with E-state index in [9.17, 15) is 9.59 Å². The van der Waals surface area contributed by atoms with Crippen LogP contribution in [0.15, 0.2) is 12.4 Å². The van der Waals surface area contributed by atoms with Gasteiger partial charge in [-0.1, -0.05) is 0 Å². The molecule has 0 spiro atoms. The number of carbonyl (C=O) groups excluding carboxylic acids is 1. The topological polar surface area (TPSA) is 84.2 Å². The SMILES string of the molecule is Cc1nccn1CCNC(=O)C1CC1C(=O)O. The number of imidazole rings is 1. The lowest BCUT2D eigenvalue weighted by Gasteiger charge is -2.06. The van der Waals surface area contributed by atoms with Crippen LogP contribution in [-0.4, -0.2) is 33.1 Å². The number of nitrogens with zero attached hydrogens (tertiary/aromatic N) is 2. The molecule has 1 amide bonds. The summed E-state index contributed by atoms with van der Waals surface area (Å²) in [5, 5.41) is 11.4. The van der Waals surface area contributed by atoms with Crippen LogP contribution < -0.4 is 5.32 Å². The first-order valence-electron chi connectivity index (χ1n) is 5.58. The van der Waals surface area contributed by atoms with E-state index in [2.05, 4.69) is 10.3 Å². The first-order valence-corrected chi connectivity index (χ1v) is 5.58. The molecule has 1 aliphatic rings. The van der Waals surface area contributed by atoms with Crippen molar-refractivity contribution >= 4 is 11.9 Å². The first kappa shape index (κ1) is 11.6. The maximum Gasteiger partial charge on any atom is 0.307 e. The zero-order valence-corrected chi connectivity index (χ0v) is 9.59. The molecule has 0 radical (unpaired) electrons. The Hall–Kier alpha value is -1.85. The summed E-state index contributed by atoms with van der Waals surface area (Å²) in [6.07, 6.45) is 4.02. The summed E-state index contributed by atoms with van der Waals surface area (Å²) >= 11 is 0. The molecule has 0 saturated heterocycles. The van der Waals surface area contributed by atoms with E-state index < -0.39 is 11.9 Å². The van der Waals surface area contributed by atoms with E-state index in [4.69, 9.17) is 5.11 Å². The molecule has 1 fully saturated rings. The van der Waals surface area contributed by atoms with Crippen molar-refractivity contribution in [3.63, 3.8) is 0 Å². The normalized spacial score (nSPS) is 22.2. The van der Waals surface area contributed by atoms with Crippen molar-refractivity contribution < 1.29 is 14.7 Å². The summed E-state index contributed by atoms with van der Waals surface area (Å²) in [5.41, 5.74) is 0. The molecule has 17 heavy (non-hydrogen) atoms. The Labute approximate surface area is 98.7 Å². The van der Waals surface area contributed by atoms with E-state index in [1.807, 2.05) is 17.7 Å². The fourth-order valence-corrected chi connectivity index (χ4v) is 1.83. The largest absolute Gasteiger partial charge is 0.481 e. The molecule has 2 unspecified atom stereocenters. The minimum absolute atomic E-state index is 0.157. The van der Waals surface area contributed by atoms with Crippen LogP contribution in [0.4, 0.5) is 0 Å². The fourth-order valence-electron chi connectivity index (χ4n) is 1.83. The molecule has 6 heteroatoms. The Morgan fingerprint density at radius 2 is 2.35 bits per heavy atom. The Kier molecular flexibility index (Phi) is 3.12. The van der Waals surface area contributed by atoms with Gasteiger partial charge in [0.1, 0.15) is 5.82 Å². The second-order valence-corrected chi connectivity index (χ2v) is 4.25. The fraction of sp³-hybridized carbons (Fsp3) is 0.545. The molecule has 0 bridgehead atoms. The summed E-state index contributed by atoms with van der Waals surface area (Å²) in [4.78, 5) is 26.2. The summed E-state index contributed by atoms with van der Waals surface area (Å²) in [6, 6.07) is 0. The van der Waals surface area contributed by atoms with Gasteiger partial charge in [-0.15, -0.1) is 0 Å². The minimum atomic E-state index is -0.879. The number of nitrogens with one attached hydrogen (secondary N) is 1. The molecule has 1 saturated carbocycles. The Morgan fingerprint density at radius 3 is 2.88 bits per heavy atom. The lowest BCUT2D eigenvalue weighted by atomic mass is 10.3. The first-order chi connectivity index (χ1) is 8.09. The van der Waals surface area contributed by atoms with Gasteiger partial charge in [0.25, 0.3) is 0 Å². The van der Waals surface area contributed by atoms with Crippen molar-refractivity contribution in [2.24, 2.45) is 11.8 Å². The predicted octanol–water partition coefficient (Wildman–Crippen LogP) is 0.0284. The van der Waals surface area contributed by atoms with Crippen LogP contribution in [0, 0.1) is 18.8 Å². The highest BCUT2D eigenvalue weighted by Gasteiger charge is 2.48. The van der Waals surface area contributed by atoms with E-state index in [1.54, 1.807) is 6.20 Å². The van der Waals surface area contributed by atoms with Crippen LogP contribution >= 0.6 is 0 Å². The maximum atomic E-state index is 11.5. The maximum absolute atomic E-state index is 11.5. The molecule has 1 aliphatic carbocycles. The van der Waals surface area contributed by atoms with Gasteiger partial charge in [0.05, 0.1) is 11.8 Å². The van der Waals surface area contributed by atoms with Gasteiger partial charge >= 0.3 is 5.97 Å². The second-order valence-electron chi connectivity index (χ2n) is 4.25. The molecular formula is C11H15N3O3. The van der Waals surface area contributed by atoms with Crippen molar-refractivity contribution in [2.45, 2.75) is 19.9 Å². The quantitative estimate of drug-likeness (QED) is 0.756. The third-order valence-electron chi connectivity index (χ3n) is 3.02. The van der Waals surface area contributed by atoms with Gasteiger partial charge < -0.3 is 15.0 Å². The third kappa shape index (κ3) is 2.64. The van der Waals surface area contributed by atoms with Crippen molar-refractivity contribution in [1.82, 2.24) is 14.9 Å². The number of carboxylic acids is 1. The van der Waals surface area contributed by atoms with Gasteiger partial charge in [-0.05, 0) is 13.3 Å². The molecule has 0 aromatic carbocycles. The smallest absolute Gasteiger partial charge is 0.307 e. The number of aliphatic carboxylic acids is 1. The molecule has 6 nitrogen and oxygen atoms in total. The van der Waals surface area contributed by atoms with Gasteiger partial charge in [-0.2, -0.15) is 0 Å². The molecular weight excluding hydrogens is 222 g/mol. The number of hydrogen-bond acceptors (Lipinski definition) is 3. The molecule has 1 aromatic rings. The Morgan fingerprint density at radius 1 is 1.59 bits per heavy atom. The predicted molar refractivity (Wildman–Crippen MR) is 59.2 cm³/mol. The van der Waals surface area contributed by atoms with E-state index in [0.717, 1.165) is 5.82 Å². The molecule has 92 valence electrons. The molecule has 2 rings (SSSR count). The zero-order valence-electron chi connectivity index (χ0n) is 9.59. The minimum Gasteiger partial charge on any atom is -0.481 e. The highest BCUT2D eigenvalue weighted by atomic mass is 16.4. The van der Waals surface area contributed by atoms with E-state index in [0.29, 0.717) is 19.5 Å². The van der Waals surface area contributed by atoms with Crippen LogP contribution in [0.3, 0.4) is 0 Å². The van der Waals surface area contributed by atoms with Crippen LogP contribution in [-0.2, 0) is 16.1 Å². The van der Waals surface area contributed by atoms with E-state index in [1.165, 1.54) is 0 Å². The summed E-state index contributed by atoms with van der Waals surface area (Å²) in [6.45, 7) is 3.05. The highest BCUT2D eigenvalue weighted by molar-refractivity contribution is 5.89. The molecule has 1 heterocycles. The van der Waals surface area contributed by atoms with Crippen molar-refractivity contribution in [3.05, 3.63) is 18.2 Å². The lowest BCUT2D eigenvalue weighted by Crippen LogP contribution is -2.29. The number of rotatable bonds is 5. The van der Waals surface area contributed by atoms with Crippen molar-refractivity contribution in [3.8, 4) is 0 Å². The average molecular weight is 237 g/mol. The average Bonchev–Trinajstić information content (AvgIpc) is 2.99. The van der Waals surface area contributed by atoms with Crippen LogP contribution in [0.2, 0.25) is 0 Å². The number of carbonyl (C=O) groups is 2. The Bertz CT molecular complexity index is 441. The molecule has 0 aliphatic heterocycles. The third-order valence-corrected chi connectivity index (χ3v) is 3.02. The summed E-state index contributed by atoms with van der Waals surface area (Å²) < 4.78 is 1.93. The van der Waals surface area contributed by atoms with Gasteiger partial charge in [0, 0.05) is 25.5 Å². The van der Waals surface area contributed by atoms with Crippen molar-refractivity contribution in [1.29, 1.82) is 0 Å². The number of aryl methyl sites for hydroxylation is 1. The van der Waals surface area contributed by atoms with E-state index in [-0.39, 0.29) is 11.8 Å². The summed E-state index contributed by atoms with van der Waals surface area (Å²) in [7, 11) is 0. The number of hydrogen-bond donors (Lipinski definition) is 2. The second kappa shape index (κ2) is 4.57. The van der Waals surface area contributed by atoms with Gasteiger partial charge in [-0.25, -0.2) is 4.98 Å². The van der Waals surface area contributed by atoms with Crippen molar-refractivity contribution in [2.75, 3.05) is 6.54 Å². The number of aromatic nitrogens is 2. The standard InChI is InChI=1S/C11H15N3O3/c1-7-12-2-4-14(7)5-3-13-10(15)8-6-9(8)11(16)17/h2,4,8-9H,3,5-6H2,1H3,(H,13,15)(H,16,17). The van der Waals surface area contributed by atoms with Gasteiger partial charge in [-0.3, -0.25) is 9.59 Å². The highest BCUT2D eigenvalue weighted by Crippen LogP contribution is 2.38. The Balaban J connectivity index is 1.71. The molecule has 2 atom stereocenters. The van der Waals surface area contributed by atoms with Crippen LogP contribution in [0.1, 0.15) is 12.2 Å². The van der Waals surface area contributed by atoms with Crippen LogP contribution in [0.5, 0.6) is 0 Å². The van der Waals surface area contributed by atoms with Crippen LogP contribution in [0.25, 0.3) is 0 Å². The van der Waals surface area contributed by atoms with Gasteiger partial charge in [0.15, 0.2) is 0 Å². The monoisotopic (exact) mass is 237 g/mol. The zero-order chi connectivity index (χ0) is 12.4. The number of carboxylic acid groups (broad SMARTS) is 1.